The lowest BCUT2D eigenvalue weighted by Crippen LogP contribution is -2.36. The molecule has 2 aromatic heterocycles. The Balaban J connectivity index is 1.62. The van der Waals surface area contributed by atoms with E-state index in [2.05, 4.69) is 10.2 Å². The molecule has 0 aliphatic carbocycles. The van der Waals surface area contributed by atoms with Crippen molar-refractivity contribution < 1.29 is 19.1 Å². The van der Waals surface area contributed by atoms with Crippen LogP contribution in [-0.4, -0.2) is 53.8 Å². The van der Waals surface area contributed by atoms with E-state index < -0.39 is 5.97 Å². The Kier molecular flexibility index (Phi) is 5.98. The van der Waals surface area contributed by atoms with Crippen LogP contribution in [0.4, 0.5) is 0 Å². The van der Waals surface area contributed by atoms with Gasteiger partial charge in [-0.15, -0.1) is 11.3 Å². The monoisotopic (exact) mass is 373 g/mol. The molecule has 0 saturated heterocycles. The van der Waals surface area contributed by atoms with E-state index in [9.17, 15) is 9.59 Å². The fraction of sp³-hybridized carbons (Fsp3) is 0.278. The van der Waals surface area contributed by atoms with Crippen LogP contribution in [0.15, 0.2) is 41.8 Å². The summed E-state index contributed by atoms with van der Waals surface area (Å²) in [4.78, 5) is 27.4. The fourth-order valence-corrected chi connectivity index (χ4v) is 3.21. The first kappa shape index (κ1) is 18.1. The van der Waals surface area contributed by atoms with Crippen LogP contribution in [-0.2, 0) is 20.8 Å². The smallest absolute Gasteiger partial charge is 0.359 e. The van der Waals surface area contributed by atoms with E-state index in [1.807, 2.05) is 35.7 Å². The number of amides is 1. The number of hydrogen-bond donors (Lipinski definition) is 1. The molecule has 0 atom stereocenters. The highest BCUT2D eigenvalue weighted by molar-refractivity contribution is 7.09. The maximum absolute atomic E-state index is 12.5. The van der Waals surface area contributed by atoms with Crippen LogP contribution in [0.5, 0.6) is 0 Å². The third kappa shape index (κ3) is 4.27. The average molecular weight is 373 g/mol. The first-order valence-electron chi connectivity index (χ1n) is 8.08. The minimum Gasteiger partial charge on any atom is -0.451 e. The molecule has 0 radical (unpaired) electrons. The topological polar surface area (TPSA) is 84.5 Å². The van der Waals surface area contributed by atoms with E-state index in [0.29, 0.717) is 25.1 Å². The van der Waals surface area contributed by atoms with Crippen LogP contribution in [0.2, 0.25) is 0 Å². The standard InChI is InChI=1S/C18H19N3O4S/c1-24-9-8-21(11-13-5-4-10-26-13)16(22)12-25-18(23)17-14-6-2-3-7-15(14)19-20-17/h2-7,10H,8-9,11-12H2,1H3,(H,19,20). The van der Waals surface area contributed by atoms with Gasteiger partial charge in [-0.25, -0.2) is 4.79 Å². The largest absolute Gasteiger partial charge is 0.451 e. The summed E-state index contributed by atoms with van der Waals surface area (Å²) in [5.74, 6) is -0.901. The van der Waals surface area contributed by atoms with Gasteiger partial charge in [0.2, 0.25) is 0 Å². The molecule has 1 amide bonds. The van der Waals surface area contributed by atoms with Crippen LogP contribution >= 0.6 is 11.3 Å². The van der Waals surface area contributed by atoms with Gasteiger partial charge in [0, 0.05) is 23.9 Å². The molecule has 3 rings (SSSR count). The number of nitrogens with one attached hydrogen (secondary N) is 1. The van der Waals surface area contributed by atoms with Gasteiger partial charge in [0.05, 0.1) is 18.7 Å². The Labute approximate surface area is 154 Å². The highest BCUT2D eigenvalue weighted by atomic mass is 32.1. The summed E-state index contributed by atoms with van der Waals surface area (Å²) in [5.41, 5.74) is 0.917. The Bertz CT molecular complexity index is 876. The third-order valence-electron chi connectivity index (χ3n) is 3.84. The summed E-state index contributed by atoms with van der Waals surface area (Å²) in [6, 6.07) is 11.1. The lowest BCUT2D eigenvalue weighted by atomic mass is 10.2. The number of carbonyl (C=O) groups is 2. The van der Waals surface area contributed by atoms with Gasteiger partial charge in [-0.05, 0) is 17.5 Å². The quantitative estimate of drug-likeness (QED) is 0.613. The SMILES string of the molecule is COCCN(Cc1cccs1)C(=O)COC(=O)c1n[nH]c2ccccc12. The molecule has 0 fully saturated rings. The number of carbonyl (C=O) groups excluding carboxylic acids is 2. The number of esters is 1. The molecule has 7 nitrogen and oxygen atoms in total. The lowest BCUT2D eigenvalue weighted by molar-refractivity contribution is -0.135. The van der Waals surface area contributed by atoms with Gasteiger partial charge >= 0.3 is 5.97 Å². The van der Waals surface area contributed by atoms with E-state index in [-0.39, 0.29) is 18.2 Å². The predicted molar refractivity (Wildman–Crippen MR) is 98.0 cm³/mol. The van der Waals surface area contributed by atoms with Gasteiger partial charge < -0.3 is 14.4 Å². The Morgan fingerprint density at radius 3 is 2.85 bits per heavy atom. The molecule has 3 aromatic rings. The number of aromatic nitrogens is 2. The number of thiophene rings is 1. The van der Waals surface area contributed by atoms with Gasteiger partial charge in [0.25, 0.3) is 5.91 Å². The molecule has 26 heavy (non-hydrogen) atoms. The summed E-state index contributed by atoms with van der Waals surface area (Å²) < 4.78 is 10.2. The molecule has 2 heterocycles. The molecule has 1 N–H and O–H groups in total. The number of benzene rings is 1. The second-order valence-corrected chi connectivity index (χ2v) is 6.61. The predicted octanol–water partition coefficient (Wildman–Crippen LogP) is 2.46. The number of para-hydroxylation sites is 1. The highest BCUT2D eigenvalue weighted by Crippen LogP contribution is 2.16. The highest BCUT2D eigenvalue weighted by Gasteiger charge is 2.20. The number of methoxy groups -OCH3 is 1. The summed E-state index contributed by atoms with van der Waals surface area (Å²) in [6.45, 7) is 0.961. The zero-order valence-corrected chi connectivity index (χ0v) is 15.1. The van der Waals surface area contributed by atoms with Crippen LogP contribution in [0, 0.1) is 0 Å². The number of aromatic amines is 1. The normalized spacial score (nSPS) is 10.8. The molecular weight excluding hydrogens is 354 g/mol. The first-order valence-corrected chi connectivity index (χ1v) is 8.96. The Morgan fingerprint density at radius 1 is 1.23 bits per heavy atom. The van der Waals surface area contributed by atoms with Gasteiger partial charge in [-0.2, -0.15) is 5.10 Å². The molecule has 8 heteroatoms. The van der Waals surface area contributed by atoms with Crippen LogP contribution in [0.25, 0.3) is 10.9 Å². The summed E-state index contributed by atoms with van der Waals surface area (Å²) in [7, 11) is 1.58. The molecule has 0 saturated carbocycles. The maximum Gasteiger partial charge on any atom is 0.359 e. The molecule has 0 bridgehead atoms. The van der Waals surface area contributed by atoms with E-state index in [0.717, 1.165) is 10.4 Å². The van der Waals surface area contributed by atoms with Crippen LogP contribution in [0.1, 0.15) is 15.4 Å². The fourth-order valence-electron chi connectivity index (χ4n) is 2.49. The number of ether oxygens (including phenoxy) is 2. The van der Waals surface area contributed by atoms with Crippen molar-refractivity contribution in [2.45, 2.75) is 6.54 Å². The summed E-state index contributed by atoms with van der Waals surface area (Å²) >= 11 is 1.57. The van der Waals surface area contributed by atoms with Crippen LogP contribution < -0.4 is 0 Å². The van der Waals surface area contributed by atoms with Gasteiger partial charge in [0.15, 0.2) is 12.3 Å². The molecule has 0 spiro atoms. The van der Waals surface area contributed by atoms with Crippen molar-refractivity contribution in [3.63, 3.8) is 0 Å². The molecule has 0 aliphatic heterocycles. The molecule has 136 valence electrons. The van der Waals surface area contributed by atoms with Crippen molar-refractivity contribution in [2.75, 3.05) is 26.9 Å². The molecular formula is C18H19N3O4S. The molecule has 0 unspecified atom stereocenters. The maximum atomic E-state index is 12.5. The van der Waals surface area contributed by atoms with Crippen molar-refractivity contribution in [1.29, 1.82) is 0 Å². The summed E-state index contributed by atoms with van der Waals surface area (Å²) in [5, 5.41) is 9.38. The van der Waals surface area contributed by atoms with E-state index in [1.165, 1.54) is 0 Å². The van der Waals surface area contributed by atoms with Gasteiger partial charge in [-0.3, -0.25) is 9.89 Å². The molecule has 1 aromatic carbocycles. The number of rotatable bonds is 8. The van der Waals surface area contributed by atoms with Crippen molar-refractivity contribution in [1.82, 2.24) is 15.1 Å². The second-order valence-electron chi connectivity index (χ2n) is 5.58. The molecule has 0 aliphatic rings. The number of H-pyrrole nitrogens is 1. The van der Waals surface area contributed by atoms with Crippen molar-refractivity contribution in [2.24, 2.45) is 0 Å². The number of nitrogens with zero attached hydrogens (tertiary/aromatic N) is 2. The minimum atomic E-state index is -0.626. The third-order valence-corrected chi connectivity index (χ3v) is 4.70. The average Bonchev–Trinajstić information content (AvgIpc) is 3.32. The Morgan fingerprint density at radius 2 is 2.08 bits per heavy atom. The van der Waals surface area contributed by atoms with E-state index in [4.69, 9.17) is 9.47 Å². The van der Waals surface area contributed by atoms with Crippen molar-refractivity contribution >= 4 is 34.1 Å². The number of hydrogen-bond acceptors (Lipinski definition) is 6. The second kappa shape index (κ2) is 8.59. The minimum absolute atomic E-state index is 0.176. The zero-order valence-electron chi connectivity index (χ0n) is 14.3. The summed E-state index contributed by atoms with van der Waals surface area (Å²) in [6.07, 6.45) is 0. The zero-order chi connectivity index (χ0) is 18.4. The van der Waals surface area contributed by atoms with E-state index >= 15 is 0 Å². The lowest BCUT2D eigenvalue weighted by Gasteiger charge is -2.21. The number of fused-ring (bicyclic) bond motifs is 1. The van der Waals surface area contributed by atoms with Gasteiger partial charge in [0.1, 0.15) is 0 Å². The Hall–Kier alpha value is -2.71. The van der Waals surface area contributed by atoms with Crippen LogP contribution in [0.3, 0.4) is 0 Å². The van der Waals surface area contributed by atoms with E-state index in [1.54, 1.807) is 29.4 Å². The first-order chi connectivity index (χ1) is 12.7. The van der Waals surface area contributed by atoms with Gasteiger partial charge in [-0.1, -0.05) is 24.3 Å². The van der Waals surface area contributed by atoms with Crippen molar-refractivity contribution in [3.8, 4) is 0 Å². The van der Waals surface area contributed by atoms with Crippen molar-refractivity contribution in [3.05, 3.63) is 52.3 Å².